The lowest BCUT2D eigenvalue weighted by Gasteiger charge is -2.20. The first-order chi connectivity index (χ1) is 13.4. The molecule has 1 aromatic carbocycles. The number of benzene rings is 1. The fourth-order valence-corrected chi connectivity index (χ4v) is 5.39. The quantitative estimate of drug-likeness (QED) is 0.753. The Hall–Kier alpha value is -2.32. The van der Waals surface area contributed by atoms with Crippen LogP contribution in [0.15, 0.2) is 35.4 Å². The molecule has 0 bridgehead atoms. The second kappa shape index (κ2) is 7.25. The number of hydrogen-bond donors (Lipinski definition) is 0. The van der Waals surface area contributed by atoms with Crippen LogP contribution in [0.3, 0.4) is 0 Å². The second-order valence-corrected chi connectivity index (χ2v) is 9.25. The van der Waals surface area contributed by atoms with Crippen LogP contribution in [-0.2, 0) is 15.6 Å². The van der Waals surface area contributed by atoms with Gasteiger partial charge in [0.25, 0.3) is 5.91 Å². The van der Waals surface area contributed by atoms with Crippen molar-refractivity contribution in [2.24, 2.45) is 0 Å². The lowest BCUT2D eigenvalue weighted by molar-refractivity contribution is 0.0726. The number of halogens is 1. The molecular formula is C19H19ClN2O5S. The van der Waals surface area contributed by atoms with Gasteiger partial charge < -0.3 is 14.4 Å². The van der Waals surface area contributed by atoms with Crippen molar-refractivity contribution in [1.29, 1.82) is 0 Å². The van der Waals surface area contributed by atoms with E-state index in [9.17, 15) is 13.2 Å². The number of pyridine rings is 1. The summed E-state index contributed by atoms with van der Waals surface area (Å²) in [4.78, 5) is 18.9. The minimum absolute atomic E-state index is 0.000346. The highest BCUT2D eigenvalue weighted by atomic mass is 35.5. The average molecular weight is 423 g/mol. The van der Waals surface area contributed by atoms with E-state index < -0.39 is 9.84 Å². The van der Waals surface area contributed by atoms with Crippen LogP contribution >= 0.6 is 11.6 Å². The van der Waals surface area contributed by atoms with Gasteiger partial charge in [0.1, 0.15) is 22.8 Å². The molecule has 1 amide bonds. The molecule has 0 spiro atoms. The van der Waals surface area contributed by atoms with E-state index in [1.807, 2.05) is 0 Å². The number of fused-ring (bicyclic) bond motifs is 2. The van der Waals surface area contributed by atoms with Gasteiger partial charge in [-0.1, -0.05) is 11.6 Å². The van der Waals surface area contributed by atoms with Crippen molar-refractivity contribution in [2.75, 3.05) is 20.3 Å². The Morgan fingerprint density at radius 2 is 2.18 bits per heavy atom. The maximum Gasteiger partial charge on any atom is 0.259 e. The van der Waals surface area contributed by atoms with Gasteiger partial charge in [-0.3, -0.25) is 4.79 Å². The second-order valence-electron chi connectivity index (χ2n) is 6.86. The molecule has 28 heavy (non-hydrogen) atoms. The zero-order valence-corrected chi connectivity index (χ0v) is 16.8. The van der Waals surface area contributed by atoms with Crippen molar-refractivity contribution in [1.82, 2.24) is 9.88 Å². The van der Waals surface area contributed by atoms with Crippen molar-refractivity contribution in [2.45, 2.75) is 29.5 Å². The Balaban J connectivity index is 1.67. The van der Waals surface area contributed by atoms with Crippen molar-refractivity contribution < 1.29 is 22.7 Å². The number of ether oxygens (including phenoxy) is 2. The highest BCUT2D eigenvalue weighted by Gasteiger charge is 2.35. The maximum atomic E-state index is 12.9. The summed E-state index contributed by atoms with van der Waals surface area (Å²) in [6, 6.07) is 6.03. The Kier molecular flexibility index (Phi) is 4.93. The Labute approximate surface area is 168 Å². The number of methoxy groups -OCH3 is 1. The third-order valence-corrected chi connectivity index (χ3v) is 6.94. The molecule has 2 aliphatic heterocycles. The number of rotatable bonds is 4. The van der Waals surface area contributed by atoms with Gasteiger partial charge in [0.2, 0.25) is 5.88 Å². The molecule has 2 aliphatic rings. The van der Waals surface area contributed by atoms with Crippen LogP contribution in [0.25, 0.3) is 0 Å². The highest BCUT2D eigenvalue weighted by molar-refractivity contribution is 7.90. The number of nitrogens with zero attached hydrogens (tertiary/aromatic N) is 2. The van der Waals surface area contributed by atoms with Gasteiger partial charge >= 0.3 is 0 Å². The number of amides is 1. The lowest BCUT2D eigenvalue weighted by atomic mass is 10.2. The predicted octanol–water partition coefficient (Wildman–Crippen LogP) is 2.71. The number of sulfone groups is 1. The van der Waals surface area contributed by atoms with Gasteiger partial charge in [0, 0.05) is 17.8 Å². The van der Waals surface area contributed by atoms with Crippen LogP contribution in [0.5, 0.6) is 11.6 Å². The minimum atomic E-state index is -3.76. The smallest absolute Gasteiger partial charge is 0.259 e. The minimum Gasteiger partial charge on any atom is -0.495 e. The zero-order valence-electron chi connectivity index (χ0n) is 15.2. The average Bonchev–Trinajstić information content (AvgIpc) is 3.10. The van der Waals surface area contributed by atoms with Crippen molar-refractivity contribution >= 4 is 27.3 Å². The van der Waals surface area contributed by atoms with Crippen molar-refractivity contribution in [3.63, 3.8) is 0 Å². The standard InChI is InChI=1S/C19H19ClN2O5S/c1-26-16-5-4-13(20)8-17(16)28(24,25)11-12-7-15-18(21-9-12)27-10-14-3-2-6-22(14)19(15)23/h4-5,7-9,14H,2-3,6,10-11H2,1H3/t14-/m1/s1. The van der Waals surface area contributed by atoms with E-state index >= 15 is 0 Å². The van der Waals surface area contributed by atoms with E-state index in [2.05, 4.69) is 4.98 Å². The number of hydrogen-bond acceptors (Lipinski definition) is 6. The molecule has 0 unspecified atom stereocenters. The van der Waals surface area contributed by atoms with Gasteiger partial charge in [-0.2, -0.15) is 0 Å². The van der Waals surface area contributed by atoms with Gasteiger partial charge in [0.05, 0.1) is 18.9 Å². The topological polar surface area (TPSA) is 85.8 Å². The third kappa shape index (κ3) is 3.42. The molecular weight excluding hydrogens is 404 g/mol. The van der Waals surface area contributed by atoms with Gasteiger partial charge in [-0.25, -0.2) is 13.4 Å². The first kappa shape index (κ1) is 19.0. The van der Waals surface area contributed by atoms with E-state index in [4.69, 9.17) is 21.1 Å². The Bertz CT molecular complexity index is 1040. The van der Waals surface area contributed by atoms with Gasteiger partial charge in [-0.15, -0.1) is 0 Å². The van der Waals surface area contributed by atoms with Crippen molar-refractivity contribution in [3.8, 4) is 11.6 Å². The summed E-state index contributed by atoms with van der Waals surface area (Å²) in [7, 11) is -2.37. The normalized spacial score (nSPS) is 18.9. The van der Waals surface area contributed by atoms with Gasteiger partial charge in [0.15, 0.2) is 9.84 Å². The molecule has 7 nitrogen and oxygen atoms in total. The van der Waals surface area contributed by atoms with E-state index in [0.29, 0.717) is 29.3 Å². The maximum absolute atomic E-state index is 12.9. The van der Waals surface area contributed by atoms with Crippen LogP contribution in [0.4, 0.5) is 0 Å². The Morgan fingerprint density at radius 1 is 1.36 bits per heavy atom. The molecule has 1 fully saturated rings. The first-order valence-electron chi connectivity index (χ1n) is 8.88. The molecule has 1 aromatic heterocycles. The van der Waals surface area contributed by atoms with E-state index in [-0.39, 0.29) is 34.2 Å². The number of aromatic nitrogens is 1. The van der Waals surface area contributed by atoms with Crippen LogP contribution in [0, 0.1) is 0 Å². The van der Waals surface area contributed by atoms with Crippen LogP contribution in [0.1, 0.15) is 28.8 Å². The van der Waals surface area contributed by atoms with E-state index in [0.717, 1.165) is 12.8 Å². The first-order valence-corrected chi connectivity index (χ1v) is 10.9. The van der Waals surface area contributed by atoms with Crippen LogP contribution in [0.2, 0.25) is 5.02 Å². The molecule has 0 aliphatic carbocycles. The summed E-state index contributed by atoms with van der Waals surface area (Å²) in [5, 5.41) is 0.295. The van der Waals surface area contributed by atoms with Crippen molar-refractivity contribution in [3.05, 3.63) is 46.6 Å². The number of carbonyl (C=O) groups is 1. The summed E-state index contributed by atoms with van der Waals surface area (Å²) in [5.74, 6) is -0.0323. The largest absolute Gasteiger partial charge is 0.495 e. The van der Waals surface area contributed by atoms with E-state index in [1.54, 1.807) is 17.0 Å². The monoisotopic (exact) mass is 422 g/mol. The molecule has 1 atom stereocenters. The van der Waals surface area contributed by atoms with Crippen LogP contribution < -0.4 is 9.47 Å². The molecule has 9 heteroatoms. The summed E-state index contributed by atoms with van der Waals surface area (Å²) in [6.45, 7) is 1.08. The fraction of sp³-hybridized carbons (Fsp3) is 0.368. The van der Waals surface area contributed by atoms with Gasteiger partial charge in [-0.05, 0) is 42.7 Å². The lowest BCUT2D eigenvalue weighted by Crippen LogP contribution is -2.36. The zero-order chi connectivity index (χ0) is 19.9. The summed E-state index contributed by atoms with van der Waals surface area (Å²) >= 11 is 5.97. The summed E-state index contributed by atoms with van der Waals surface area (Å²) in [6.07, 6.45) is 3.26. The third-order valence-electron chi connectivity index (χ3n) is 5.01. The molecule has 3 heterocycles. The molecule has 0 radical (unpaired) electrons. The number of carbonyl (C=O) groups excluding carboxylic acids is 1. The van der Waals surface area contributed by atoms with Crippen LogP contribution in [-0.4, -0.2) is 50.5 Å². The fourth-order valence-electron chi connectivity index (χ4n) is 3.64. The molecule has 0 N–H and O–H groups in total. The van der Waals surface area contributed by atoms with E-state index in [1.165, 1.54) is 25.4 Å². The molecule has 1 saturated heterocycles. The molecule has 0 saturated carbocycles. The summed E-state index contributed by atoms with van der Waals surface area (Å²) < 4.78 is 36.7. The Morgan fingerprint density at radius 3 is 2.96 bits per heavy atom. The highest BCUT2D eigenvalue weighted by Crippen LogP contribution is 2.32. The predicted molar refractivity (Wildman–Crippen MR) is 103 cm³/mol. The molecule has 2 aromatic rings. The molecule has 4 rings (SSSR count). The molecule has 148 valence electrons. The summed E-state index contributed by atoms with van der Waals surface area (Å²) in [5.41, 5.74) is 0.700. The SMILES string of the molecule is COc1ccc(Cl)cc1S(=O)(=O)Cc1cnc2c(c1)C(=O)N1CCC[C@@H]1CO2.